The highest BCUT2D eigenvalue weighted by Crippen LogP contribution is 2.24. The topological polar surface area (TPSA) is 84.3 Å². The molecular weight excluding hydrogens is 342 g/mol. The van der Waals surface area contributed by atoms with Crippen molar-refractivity contribution in [1.82, 2.24) is 9.97 Å². The van der Waals surface area contributed by atoms with Crippen molar-refractivity contribution in [3.63, 3.8) is 0 Å². The third kappa shape index (κ3) is 3.13. The van der Waals surface area contributed by atoms with E-state index < -0.39 is 6.09 Å². The average Bonchev–Trinajstić information content (AvgIpc) is 2.69. The number of aliphatic hydroxyl groups is 1. The molecule has 0 radical (unpaired) electrons. The van der Waals surface area contributed by atoms with Crippen molar-refractivity contribution >= 4 is 39.6 Å². The molecule has 0 saturated heterocycles. The zero-order valence-corrected chi connectivity index (χ0v) is 14.6. The highest BCUT2D eigenvalue weighted by atomic mass is 16.5. The summed E-state index contributed by atoms with van der Waals surface area (Å²) in [6, 6.07) is 18.6. The summed E-state index contributed by atoms with van der Waals surface area (Å²) >= 11 is 0. The molecule has 0 aliphatic rings. The smallest absolute Gasteiger partial charge is 0.414 e. The summed E-state index contributed by atoms with van der Waals surface area (Å²) in [5, 5.41) is 15.7. The molecular formula is C21H17N3O3. The number of nitrogens with one attached hydrogen (secondary N) is 1. The Morgan fingerprint density at radius 2 is 1.74 bits per heavy atom. The molecule has 0 spiro atoms. The first-order valence-corrected chi connectivity index (χ1v) is 8.59. The first-order chi connectivity index (χ1) is 13.2. The molecule has 1 amide bonds. The van der Waals surface area contributed by atoms with Gasteiger partial charge in [0.1, 0.15) is 5.76 Å². The van der Waals surface area contributed by atoms with E-state index in [-0.39, 0.29) is 18.3 Å². The zero-order chi connectivity index (χ0) is 18.8. The molecule has 6 nitrogen and oxygen atoms in total. The molecule has 134 valence electrons. The van der Waals surface area contributed by atoms with E-state index in [4.69, 9.17) is 4.74 Å². The summed E-state index contributed by atoms with van der Waals surface area (Å²) < 4.78 is 4.88. The van der Waals surface area contributed by atoms with Crippen LogP contribution in [0.4, 0.5) is 10.7 Å². The van der Waals surface area contributed by atoms with Crippen molar-refractivity contribution in [2.75, 3.05) is 11.9 Å². The monoisotopic (exact) mass is 359 g/mol. The Kier molecular flexibility index (Phi) is 4.30. The predicted molar refractivity (Wildman–Crippen MR) is 104 cm³/mol. The summed E-state index contributed by atoms with van der Waals surface area (Å²) in [5.41, 5.74) is 2.08. The number of benzene rings is 3. The fourth-order valence-electron chi connectivity index (χ4n) is 3.08. The van der Waals surface area contributed by atoms with E-state index in [1.54, 1.807) is 6.92 Å². The number of carbonyl (C=O) groups is 1. The molecule has 0 aliphatic heterocycles. The van der Waals surface area contributed by atoms with Crippen molar-refractivity contribution in [2.45, 2.75) is 6.92 Å². The van der Waals surface area contributed by atoms with Gasteiger partial charge in [-0.15, -0.1) is 0 Å². The van der Waals surface area contributed by atoms with Crippen LogP contribution in [0.1, 0.15) is 12.5 Å². The summed E-state index contributed by atoms with van der Waals surface area (Å²) in [6.45, 7) is 2.00. The van der Waals surface area contributed by atoms with Crippen LogP contribution in [0.3, 0.4) is 0 Å². The molecule has 6 heteroatoms. The molecule has 0 unspecified atom stereocenters. The van der Waals surface area contributed by atoms with Crippen LogP contribution >= 0.6 is 0 Å². The van der Waals surface area contributed by atoms with E-state index in [0.29, 0.717) is 16.3 Å². The lowest BCUT2D eigenvalue weighted by atomic mass is 10.0. The number of aromatic nitrogens is 2. The van der Waals surface area contributed by atoms with Crippen LogP contribution in [0.25, 0.3) is 27.6 Å². The van der Waals surface area contributed by atoms with Crippen molar-refractivity contribution < 1.29 is 14.6 Å². The van der Waals surface area contributed by atoms with Gasteiger partial charge in [-0.3, -0.25) is 5.32 Å². The Morgan fingerprint density at radius 3 is 2.48 bits per heavy atom. The second kappa shape index (κ2) is 6.92. The summed E-state index contributed by atoms with van der Waals surface area (Å²) in [5.74, 6) is 0.371. The van der Waals surface area contributed by atoms with Gasteiger partial charge >= 0.3 is 6.09 Å². The number of nitrogens with zero attached hydrogens (tertiary/aromatic N) is 2. The van der Waals surface area contributed by atoms with Crippen molar-refractivity contribution in [2.24, 2.45) is 0 Å². The number of aliphatic hydroxyl groups excluding tert-OH is 1. The summed E-state index contributed by atoms with van der Waals surface area (Å²) in [6.07, 6.45) is -0.595. The van der Waals surface area contributed by atoms with E-state index in [0.717, 1.165) is 16.3 Å². The van der Waals surface area contributed by atoms with Crippen molar-refractivity contribution in [3.05, 3.63) is 71.4 Å². The molecule has 1 heterocycles. The van der Waals surface area contributed by atoms with Gasteiger partial charge in [-0.2, -0.15) is 0 Å². The lowest BCUT2D eigenvalue weighted by Gasteiger charge is -2.09. The fourth-order valence-corrected chi connectivity index (χ4v) is 3.08. The number of carbonyl (C=O) groups excluding carboxylic acids is 1. The third-order valence-electron chi connectivity index (χ3n) is 4.24. The second-order valence-corrected chi connectivity index (χ2v) is 5.94. The van der Waals surface area contributed by atoms with E-state index in [2.05, 4.69) is 15.3 Å². The summed E-state index contributed by atoms with van der Waals surface area (Å²) in [7, 11) is 0. The molecule has 0 atom stereocenters. The number of hydrogen-bond donors (Lipinski definition) is 2. The van der Waals surface area contributed by atoms with E-state index in [1.807, 2.05) is 60.7 Å². The maximum atomic E-state index is 11.7. The van der Waals surface area contributed by atoms with Gasteiger partial charge in [-0.1, -0.05) is 42.5 Å². The van der Waals surface area contributed by atoms with Gasteiger partial charge in [-0.25, -0.2) is 14.8 Å². The minimum atomic E-state index is -0.595. The Balaban J connectivity index is 1.92. The van der Waals surface area contributed by atoms with E-state index in [9.17, 15) is 9.90 Å². The molecule has 0 bridgehead atoms. The number of rotatable bonds is 3. The van der Waals surface area contributed by atoms with Crippen LogP contribution in [-0.2, 0) is 4.74 Å². The first kappa shape index (κ1) is 16.8. The van der Waals surface area contributed by atoms with Gasteiger partial charge < -0.3 is 9.84 Å². The van der Waals surface area contributed by atoms with Crippen molar-refractivity contribution in [1.29, 1.82) is 0 Å². The van der Waals surface area contributed by atoms with Crippen LogP contribution in [-0.4, -0.2) is 27.8 Å². The number of ether oxygens (including phenoxy) is 1. The molecule has 4 rings (SSSR count). The zero-order valence-electron chi connectivity index (χ0n) is 14.6. The normalized spacial score (nSPS) is 12.2. The van der Waals surface area contributed by atoms with Crippen LogP contribution in [0.5, 0.6) is 0 Å². The molecule has 27 heavy (non-hydrogen) atoms. The minimum Gasteiger partial charge on any atom is -0.507 e. The first-order valence-electron chi connectivity index (χ1n) is 8.59. The number of hydrogen-bond acceptors (Lipinski definition) is 5. The highest BCUT2D eigenvalue weighted by Gasteiger charge is 2.12. The van der Waals surface area contributed by atoms with Gasteiger partial charge in [0.05, 0.1) is 17.6 Å². The maximum absolute atomic E-state index is 11.7. The third-order valence-corrected chi connectivity index (χ3v) is 4.24. The average molecular weight is 359 g/mol. The molecule has 2 N–H and O–H groups in total. The van der Waals surface area contributed by atoms with Gasteiger partial charge in [0.25, 0.3) is 0 Å². The predicted octanol–water partition coefficient (Wildman–Crippen LogP) is 3.78. The number of amides is 1. The van der Waals surface area contributed by atoms with Gasteiger partial charge in [0.2, 0.25) is 5.95 Å². The standard InChI is InChI=1S/C21H17N3O3/c1-2-27-21(26)24-20-22-16-10-6-9-14-15(11-12-17(23-20)18(14)16)19(25)13-7-4-3-5-8-13/h3-12,25H,2H2,1H3,(H,22,23,24,26)/b19-15-. The largest absolute Gasteiger partial charge is 0.507 e. The van der Waals surface area contributed by atoms with Gasteiger partial charge in [-0.05, 0) is 30.5 Å². The van der Waals surface area contributed by atoms with Crippen LogP contribution in [0.15, 0.2) is 60.7 Å². The Labute approximate surface area is 155 Å². The minimum absolute atomic E-state index is 0.178. The quantitative estimate of drug-likeness (QED) is 0.581. The van der Waals surface area contributed by atoms with Crippen LogP contribution < -0.4 is 10.5 Å². The van der Waals surface area contributed by atoms with Crippen LogP contribution in [0.2, 0.25) is 0 Å². The number of anilines is 1. The maximum Gasteiger partial charge on any atom is 0.414 e. The molecule has 1 aromatic heterocycles. The molecule has 0 fully saturated rings. The highest BCUT2D eigenvalue weighted by molar-refractivity contribution is 6.08. The van der Waals surface area contributed by atoms with Gasteiger partial charge in [0, 0.05) is 16.2 Å². The Hall–Kier alpha value is -3.67. The summed E-state index contributed by atoms with van der Waals surface area (Å²) in [4.78, 5) is 20.5. The fraction of sp³-hybridized carbons (Fsp3) is 0.0952. The van der Waals surface area contributed by atoms with E-state index >= 15 is 0 Å². The Morgan fingerprint density at radius 1 is 1.00 bits per heavy atom. The SMILES string of the molecule is CCOC(=O)Nc1nc2cccc3/c(=C(\O)c4ccccc4)ccc(n1)c23. The van der Waals surface area contributed by atoms with Gasteiger partial charge in [0.15, 0.2) is 0 Å². The molecule has 4 aromatic rings. The van der Waals surface area contributed by atoms with E-state index in [1.165, 1.54) is 0 Å². The Bertz CT molecular complexity index is 1170. The molecule has 3 aromatic carbocycles. The molecule has 0 aliphatic carbocycles. The lowest BCUT2D eigenvalue weighted by molar-refractivity contribution is 0.167. The lowest BCUT2D eigenvalue weighted by Crippen LogP contribution is -2.16. The van der Waals surface area contributed by atoms with Crippen molar-refractivity contribution in [3.8, 4) is 0 Å². The molecule has 0 saturated carbocycles. The second-order valence-electron chi connectivity index (χ2n) is 5.94. The van der Waals surface area contributed by atoms with Crippen LogP contribution in [0, 0.1) is 0 Å².